The van der Waals surface area contributed by atoms with Crippen LogP contribution in [0.1, 0.15) is 19.8 Å². The van der Waals surface area contributed by atoms with Crippen molar-refractivity contribution in [2.24, 2.45) is 0 Å². The lowest BCUT2D eigenvalue weighted by atomic mass is 10.4. The van der Waals surface area contributed by atoms with E-state index in [9.17, 15) is 8.76 Å². The second kappa shape index (κ2) is 7.19. The van der Waals surface area contributed by atoms with Gasteiger partial charge in [-0.3, -0.25) is 4.21 Å². The maximum absolute atomic E-state index is 10.3. The molecular formula is C10H15N2O3S-. The van der Waals surface area contributed by atoms with Gasteiger partial charge < -0.3 is 14.6 Å². The maximum Gasteiger partial charge on any atom is 0.213 e. The molecule has 0 spiro atoms. The summed E-state index contributed by atoms with van der Waals surface area (Å²) in [4.78, 5) is 4.04. The van der Waals surface area contributed by atoms with Crippen LogP contribution >= 0.6 is 0 Å². The van der Waals surface area contributed by atoms with E-state index in [0.29, 0.717) is 18.2 Å². The highest BCUT2D eigenvalue weighted by molar-refractivity contribution is 7.79. The molecule has 0 bridgehead atoms. The maximum atomic E-state index is 10.3. The van der Waals surface area contributed by atoms with Gasteiger partial charge in [0.1, 0.15) is 0 Å². The van der Waals surface area contributed by atoms with Crippen LogP contribution in [0.15, 0.2) is 18.3 Å². The predicted molar refractivity (Wildman–Crippen MR) is 62.0 cm³/mol. The Bertz CT molecular complexity index is 329. The minimum Gasteiger partial charge on any atom is -0.771 e. The summed E-state index contributed by atoms with van der Waals surface area (Å²) in [6.45, 7) is 2.74. The number of ether oxygens (including phenoxy) is 1. The Balaban J connectivity index is 2.38. The molecule has 1 aromatic rings. The van der Waals surface area contributed by atoms with E-state index in [-0.39, 0.29) is 5.88 Å². The zero-order chi connectivity index (χ0) is 11.8. The zero-order valence-electron chi connectivity index (χ0n) is 9.14. The van der Waals surface area contributed by atoms with Crippen molar-refractivity contribution < 1.29 is 13.5 Å². The summed E-state index contributed by atoms with van der Waals surface area (Å²) in [6.07, 6.45) is 3.62. The number of hydrogen-bond donors (Lipinski definition) is 1. The van der Waals surface area contributed by atoms with E-state index in [4.69, 9.17) is 4.74 Å². The highest BCUT2D eigenvalue weighted by atomic mass is 32.2. The molecule has 6 heteroatoms. The first-order valence-electron chi connectivity index (χ1n) is 5.11. The van der Waals surface area contributed by atoms with Crippen molar-refractivity contribution in [1.82, 2.24) is 4.98 Å². The molecule has 0 aliphatic rings. The van der Waals surface area contributed by atoms with Crippen molar-refractivity contribution in [3.63, 3.8) is 0 Å². The van der Waals surface area contributed by atoms with Crippen LogP contribution in [0.25, 0.3) is 0 Å². The minimum atomic E-state index is -2.10. The van der Waals surface area contributed by atoms with Gasteiger partial charge in [-0.25, -0.2) is 4.98 Å². The Morgan fingerprint density at radius 2 is 2.38 bits per heavy atom. The average Bonchev–Trinajstić information content (AvgIpc) is 2.28. The Hall–Kier alpha value is -1.14. The van der Waals surface area contributed by atoms with E-state index in [1.165, 1.54) is 0 Å². The third kappa shape index (κ3) is 5.09. The van der Waals surface area contributed by atoms with E-state index in [0.717, 1.165) is 12.8 Å². The highest BCUT2D eigenvalue weighted by Gasteiger charge is 1.96. The smallest absolute Gasteiger partial charge is 0.213 e. The monoisotopic (exact) mass is 243 g/mol. The molecule has 0 fully saturated rings. The topological polar surface area (TPSA) is 74.3 Å². The lowest BCUT2D eigenvalue weighted by Crippen LogP contribution is -2.07. The largest absolute Gasteiger partial charge is 0.771 e. The second-order valence-electron chi connectivity index (χ2n) is 3.21. The second-order valence-corrected chi connectivity index (χ2v) is 4.11. The molecule has 1 N–H and O–H groups in total. The standard InChI is InChI=1S/C10H16N2O3S/c1-2-3-6-15-10-5-4-9(7-11-10)12-8-16(13)14/h4-5,7,12H,2-3,6,8H2,1H3,(H,13,14)/p-1. The third-order valence-electron chi connectivity index (χ3n) is 1.88. The van der Waals surface area contributed by atoms with Gasteiger partial charge in [0, 0.05) is 6.07 Å². The molecule has 5 nitrogen and oxygen atoms in total. The Labute approximate surface area is 97.5 Å². The molecule has 1 unspecified atom stereocenters. The average molecular weight is 243 g/mol. The van der Waals surface area contributed by atoms with E-state index < -0.39 is 11.1 Å². The van der Waals surface area contributed by atoms with Crippen LogP contribution in [0, 0.1) is 0 Å². The number of rotatable bonds is 7. The fourth-order valence-electron chi connectivity index (χ4n) is 1.03. The molecule has 0 amide bonds. The summed E-state index contributed by atoms with van der Waals surface area (Å²) in [5, 5.41) is 2.71. The Morgan fingerprint density at radius 3 is 2.94 bits per heavy atom. The number of pyridine rings is 1. The molecule has 0 saturated carbocycles. The number of unbranched alkanes of at least 4 members (excludes halogenated alkanes) is 1. The lowest BCUT2D eigenvalue weighted by molar-refractivity contribution is 0.298. The van der Waals surface area contributed by atoms with Crippen molar-refractivity contribution in [3.05, 3.63) is 18.3 Å². The highest BCUT2D eigenvalue weighted by Crippen LogP contribution is 2.11. The molecule has 90 valence electrons. The first-order chi connectivity index (χ1) is 7.72. The molecule has 1 atom stereocenters. The Morgan fingerprint density at radius 1 is 1.56 bits per heavy atom. The zero-order valence-corrected chi connectivity index (χ0v) is 9.96. The van der Waals surface area contributed by atoms with Gasteiger partial charge in [-0.05, 0) is 23.6 Å². The summed E-state index contributed by atoms with van der Waals surface area (Å²) in [6, 6.07) is 3.45. The number of anilines is 1. The molecular weight excluding hydrogens is 228 g/mol. The molecule has 0 radical (unpaired) electrons. The van der Waals surface area contributed by atoms with E-state index in [2.05, 4.69) is 17.2 Å². The van der Waals surface area contributed by atoms with Gasteiger partial charge in [0.05, 0.1) is 24.4 Å². The summed E-state index contributed by atoms with van der Waals surface area (Å²) < 4.78 is 26.0. The Kier molecular flexibility index (Phi) is 5.81. The van der Waals surface area contributed by atoms with Gasteiger partial charge in [-0.1, -0.05) is 13.3 Å². The van der Waals surface area contributed by atoms with Crippen LogP contribution in [0.2, 0.25) is 0 Å². The van der Waals surface area contributed by atoms with Crippen LogP contribution in [-0.4, -0.2) is 26.2 Å². The SMILES string of the molecule is CCCCOc1ccc(NCS(=O)[O-])cn1. The lowest BCUT2D eigenvalue weighted by Gasteiger charge is -2.09. The van der Waals surface area contributed by atoms with Crippen LogP contribution in [0.3, 0.4) is 0 Å². The molecule has 16 heavy (non-hydrogen) atoms. The fourth-order valence-corrected chi connectivity index (χ4v) is 1.32. The summed E-state index contributed by atoms with van der Waals surface area (Å²) in [7, 11) is 0. The van der Waals surface area contributed by atoms with Crippen molar-refractivity contribution in [3.8, 4) is 5.88 Å². The van der Waals surface area contributed by atoms with Gasteiger partial charge in [0.15, 0.2) is 0 Å². The van der Waals surface area contributed by atoms with Crippen molar-refractivity contribution in [1.29, 1.82) is 0 Å². The fraction of sp³-hybridized carbons (Fsp3) is 0.500. The molecule has 0 aromatic carbocycles. The first-order valence-corrected chi connectivity index (χ1v) is 6.35. The van der Waals surface area contributed by atoms with E-state index >= 15 is 0 Å². The molecule has 0 aliphatic carbocycles. The quantitative estimate of drug-likeness (QED) is 0.580. The first kappa shape index (κ1) is 12.9. The van der Waals surface area contributed by atoms with E-state index in [1.807, 2.05) is 0 Å². The van der Waals surface area contributed by atoms with Crippen molar-refractivity contribution >= 4 is 16.8 Å². The van der Waals surface area contributed by atoms with Crippen molar-refractivity contribution in [2.75, 3.05) is 17.8 Å². The van der Waals surface area contributed by atoms with Crippen LogP contribution in [0.4, 0.5) is 5.69 Å². The summed E-state index contributed by atoms with van der Waals surface area (Å²) in [5.41, 5.74) is 0.659. The van der Waals surface area contributed by atoms with Crippen LogP contribution in [0.5, 0.6) is 5.88 Å². The predicted octanol–water partition coefficient (Wildman–Crippen LogP) is 1.51. The summed E-state index contributed by atoms with van der Waals surface area (Å²) in [5.74, 6) is 0.444. The normalized spacial score (nSPS) is 12.1. The van der Waals surface area contributed by atoms with Gasteiger partial charge in [0.2, 0.25) is 5.88 Å². The molecule has 1 heterocycles. The summed E-state index contributed by atoms with van der Waals surface area (Å²) >= 11 is -2.10. The van der Waals surface area contributed by atoms with E-state index in [1.54, 1.807) is 18.3 Å². The van der Waals surface area contributed by atoms with Crippen LogP contribution in [-0.2, 0) is 11.1 Å². The van der Waals surface area contributed by atoms with Gasteiger partial charge in [0.25, 0.3) is 0 Å². The van der Waals surface area contributed by atoms with Gasteiger partial charge >= 0.3 is 0 Å². The van der Waals surface area contributed by atoms with Crippen LogP contribution < -0.4 is 10.1 Å². The number of nitrogens with one attached hydrogen (secondary N) is 1. The molecule has 1 rings (SSSR count). The number of hydrogen-bond acceptors (Lipinski definition) is 5. The molecule has 0 aliphatic heterocycles. The van der Waals surface area contributed by atoms with Gasteiger partial charge in [-0.15, -0.1) is 0 Å². The third-order valence-corrected chi connectivity index (χ3v) is 2.26. The number of aromatic nitrogens is 1. The number of nitrogens with zero attached hydrogens (tertiary/aromatic N) is 1. The molecule has 1 aromatic heterocycles. The van der Waals surface area contributed by atoms with Crippen molar-refractivity contribution in [2.45, 2.75) is 19.8 Å². The molecule has 0 saturated heterocycles. The minimum absolute atomic E-state index is 0.113. The van der Waals surface area contributed by atoms with Gasteiger partial charge in [-0.2, -0.15) is 0 Å².